The van der Waals surface area contributed by atoms with Crippen molar-refractivity contribution in [3.63, 3.8) is 0 Å². The van der Waals surface area contributed by atoms with Gasteiger partial charge in [0.15, 0.2) is 6.10 Å². The van der Waals surface area contributed by atoms with Gasteiger partial charge in [0.05, 0.1) is 54.6 Å². The summed E-state index contributed by atoms with van der Waals surface area (Å²) in [6.45, 7) is 6.47. The highest BCUT2D eigenvalue weighted by Gasteiger charge is 2.22. The summed E-state index contributed by atoms with van der Waals surface area (Å²) in [5.41, 5.74) is 12.3. The lowest BCUT2D eigenvalue weighted by atomic mass is 10.1. The Bertz CT molecular complexity index is 3350. The Kier molecular flexibility index (Phi) is 15.0. The first kappa shape index (κ1) is 49.3. The average molecular weight is 1060 g/mol. The minimum absolute atomic E-state index is 0.0269. The average Bonchev–Trinajstić information content (AvgIpc) is 4.23. The lowest BCUT2D eigenvalue weighted by molar-refractivity contribution is 0.0562. The summed E-state index contributed by atoms with van der Waals surface area (Å²) in [4.78, 5) is 35.2. The number of halogens is 6. The molecule has 1 amide bonds. The molecule has 10 rings (SSSR count). The highest BCUT2D eigenvalue weighted by molar-refractivity contribution is 7.13. The van der Waals surface area contributed by atoms with Gasteiger partial charge < -0.3 is 25.8 Å². The SMILES string of the molecule is CC(Nn1ccc2nc(-c3cc(CNC4CCNC4)ns3)ccc21)c1c(Cl)ccc(F)c1Cl.CC(On1ccc2ncc(-c3nc(-c4cccc(C(=O)N(C)C)c4)cs3)cc21)c1c(Cl)ccc(F)c1Cl. The van der Waals surface area contributed by atoms with Crippen LogP contribution in [0, 0.1) is 11.6 Å². The van der Waals surface area contributed by atoms with Gasteiger partial charge in [-0.1, -0.05) is 58.5 Å². The first-order valence-electron chi connectivity index (χ1n) is 22.1. The zero-order valence-corrected chi connectivity index (χ0v) is 42.6. The molecule has 0 spiro atoms. The molecule has 0 radical (unpaired) electrons. The molecular formula is C50H44Cl4F2N10O2S2. The number of rotatable bonds is 13. The number of hydrogen-bond acceptors (Lipinski definition) is 11. The maximum absolute atomic E-state index is 14.0. The maximum Gasteiger partial charge on any atom is 0.253 e. The Hall–Kier alpha value is -5.69. The highest BCUT2D eigenvalue weighted by atomic mass is 35.5. The van der Waals surface area contributed by atoms with Crippen LogP contribution in [0.25, 0.3) is 54.5 Å². The minimum atomic E-state index is -0.626. The van der Waals surface area contributed by atoms with Crippen LogP contribution in [0.15, 0.2) is 109 Å². The van der Waals surface area contributed by atoms with Crippen LogP contribution in [0.4, 0.5) is 8.78 Å². The van der Waals surface area contributed by atoms with E-state index in [9.17, 15) is 13.6 Å². The molecule has 0 aliphatic carbocycles. The third kappa shape index (κ3) is 10.6. The third-order valence-corrected chi connectivity index (χ3v) is 14.8. The Morgan fingerprint density at radius 3 is 2.39 bits per heavy atom. The lowest BCUT2D eigenvalue weighted by Gasteiger charge is -2.20. The van der Waals surface area contributed by atoms with Crippen molar-refractivity contribution in [2.75, 3.05) is 32.6 Å². The molecule has 1 aliphatic rings. The first-order chi connectivity index (χ1) is 33.7. The van der Waals surface area contributed by atoms with E-state index in [0.717, 1.165) is 80.7 Å². The van der Waals surface area contributed by atoms with Crippen molar-refractivity contribution in [1.82, 2.24) is 44.3 Å². The van der Waals surface area contributed by atoms with E-state index in [-0.39, 0.29) is 22.0 Å². The van der Waals surface area contributed by atoms with E-state index < -0.39 is 17.7 Å². The van der Waals surface area contributed by atoms with Crippen LogP contribution < -0.4 is 20.9 Å². The molecule has 7 heterocycles. The van der Waals surface area contributed by atoms with Gasteiger partial charge in [-0.3, -0.25) is 14.5 Å². The van der Waals surface area contributed by atoms with Gasteiger partial charge in [-0.2, -0.15) is 9.10 Å². The Morgan fingerprint density at radius 2 is 1.63 bits per heavy atom. The topological polar surface area (TPSA) is 127 Å². The summed E-state index contributed by atoms with van der Waals surface area (Å²) in [6.07, 6.45) is 5.90. The zero-order chi connectivity index (χ0) is 49.2. The number of thiazole rings is 1. The molecule has 70 heavy (non-hydrogen) atoms. The second-order valence-corrected chi connectivity index (χ2v) is 20.0. The predicted octanol–water partition coefficient (Wildman–Crippen LogP) is 12.5. The summed E-state index contributed by atoms with van der Waals surface area (Å²) in [5, 5.41) is 10.3. The molecule has 0 bridgehead atoms. The number of pyridine rings is 2. The predicted molar refractivity (Wildman–Crippen MR) is 279 cm³/mol. The zero-order valence-electron chi connectivity index (χ0n) is 38.0. The molecule has 20 heteroatoms. The third-order valence-electron chi connectivity index (χ3n) is 11.7. The molecule has 12 nitrogen and oxygen atoms in total. The fourth-order valence-electron chi connectivity index (χ4n) is 8.02. The van der Waals surface area contributed by atoms with Crippen molar-refractivity contribution >= 4 is 97.2 Å². The van der Waals surface area contributed by atoms with Crippen molar-refractivity contribution in [1.29, 1.82) is 0 Å². The number of aromatic nitrogens is 6. The van der Waals surface area contributed by atoms with E-state index in [1.807, 2.05) is 71.7 Å². The number of carbonyl (C=O) groups excluding carboxylic acids is 1. The fourth-order valence-corrected chi connectivity index (χ4v) is 10.9. The molecular weight excluding hydrogens is 1020 g/mol. The van der Waals surface area contributed by atoms with E-state index in [1.54, 1.807) is 49.1 Å². The second kappa shape index (κ2) is 21.3. The minimum Gasteiger partial charge on any atom is -0.406 e. The van der Waals surface area contributed by atoms with Gasteiger partial charge in [0.25, 0.3) is 5.91 Å². The van der Waals surface area contributed by atoms with Crippen LogP contribution in [-0.2, 0) is 6.54 Å². The number of benzene rings is 3. The fraction of sp³-hybridized carbons (Fsp3) is 0.220. The summed E-state index contributed by atoms with van der Waals surface area (Å²) >= 11 is 27.8. The number of nitrogens with zero attached hydrogens (tertiary/aromatic N) is 7. The van der Waals surface area contributed by atoms with E-state index >= 15 is 0 Å². The van der Waals surface area contributed by atoms with Crippen LogP contribution >= 0.6 is 69.3 Å². The number of fused-ring (bicyclic) bond motifs is 2. The van der Waals surface area contributed by atoms with Crippen LogP contribution in [0.1, 0.15) is 59.6 Å². The van der Waals surface area contributed by atoms with Gasteiger partial charge in [0.2, 0.25) is 0 Å². The first-order valence-corrected chi connectivity index (χ1v) is 25.2. The Balaban J connectivity index is 0.000000175. The van der Waals surface area contributed by atoms with Crippen molar-refractivity contribution in [3.8, 4) is 32.4 Å². The second-order valence-electron chi connectivity index (χ2n) is 16.7. The quantitative estimate of drug-likeness (QED) is 0.0968. The van der Waals surface area contributed by atoms with Crippen molar-refractivity contribution in [2.45, 2.75) is 45.0 Å². The van der Waals surface area contributed by atoms with Crippen LogP contribution in [0.5, 0.6) is 0 Å². The largest absolute Gasteiger partial charge is 0.406 e. The van der Waals surface area contributed by atoms with Crippen LogP contribution in [0.2, 0.25) is 20.1 Å². The number of carbonyl (C=O) groups is 1. The van der Waals surface area contributed by atoms with Gasteiger partial charge in [-0.25, -0.2) is 18.7 Å². The molecule has 1 saturated heterocycles. The summed E-state index contributed by atoms with van der Waals surface area (Å²) < 4.78 is 36.0. The molecule has 1 fully saturated rings. The molecule has 3 N–H and O–H groups in total. The van der Waals surface area contributed by atoms with E-state index in [1.165, 1.54) is 47.1 Å². The summed E-state index contributed by atoms with van der Waals surface area (Å²) in [5.74, 6) is -1.12. The van der Waals surface area contributed by atoms with Crippen LogP contribution in [-0.4, -0.2) is 72.8 Å². The maximum atomic E-state index is 14.0. The number of hydrogen-bond donors (Lipinski definition) is 3. The monoisotopic (exact) mass is 1060 g/mol. The molecule has 3 aromatic carbocycles. The molecule has 3 atom stereocenters. The van der Waals surface area contributed by atoms with Crippen molar-refractivity contribution in [3.05, 3.63) is 163 Å². The van der Waals surface area contributed by atoms with Crippen LogP contribution in [0.3, 0.4) is 0 Å². The van der Waals surface area contributed by atoms with Gasteiger partial charge in [-0.15, -0.1) is 11.3 Å². The molecule has 9 aromatic rings. The molecule has 0 saturated carbocycles. The van der Waals surface area contributed by atoms with Gasteiger partial charge in [0.1, 0.15) is 22.2 Å². The smallest absolute Gasteiger partial charge is 0.253 e. The lowest BCUT2D eigenvalue weighted by Crippen LogP contribution is -2.30. The Labute approximate surface area is 430 Å². The molecule has 1 aliphatic heterocycles. The van der Waals surface area contributed by atoms with Gasteiger partial charge in [-0.05, 0) is 111 Å². The van der Waals surface area contributed by atoms with E-state index in [4.69, 9.17) is 61.2 Å². The molecule has 360 valence electrons. The molecule has 3 unspecified atom stereocenters. The van der Waals surface area contributed by atoms with E-state index in [2.05, 4.69) is 31.5 Å². The normalized spacial score (nSPS) is 14.4. The van der Waals surface area contributed by atoms with Crippen molar-refractivity contribution < 1.29 is 18.4 Å². The van der Waals surface area contributed by atoms with E-state index in [0.29, 0.717) is 38.3 Å². The van der Waals surface area contributed by atoms with Gasteiger partial charge in [0, 0.05) is 95.1 Å². The molecule has 6 aromatic heterocycles. The summed E-state index contributed by atoms with van der Waals surface area (Å²) in [6, 6.07) is 24.8. The number of amides is 1. The highest BCUT2D eigenvalue weighted by Crippen LogP contribution is 2.36. The van der Waals surface area contributed by atoms with Gasteiger partial charge >= 0.3 is 0 Å². The standard InChI is InChI=1S/C27H21Cl2FN4O2S.C23H23Cl2FN6S/c1-15(24-19(28)7-8-20(30)25(24)29)36-34-10-9-21-23(34)12-18(13-31-21)26-32-22(14-37-26)16-5-4-6-17(11-16)27(35)33(2)3;1-13(22-16(24)2-3-17(26)23(22)25)30-32-9-7-18-20(32)5-4-19(29-18)21-10-15(31-33-21)12-28-14-6-8-27-11-14/h4-15H,1-3H3;2-5,7,9-10,13-14,27-28,30H,6,8,11-12H2,1H3. The summed E-state index contributed by atoms with van der Waals surface area (Å²) in [7, 11) is 3.45. The Morgan fingerprint density at radius 1 is 0.871 bits per heavy atom. The van der Waals surface area contributed by atoms with Crippen molar-refractivity contribution in [2.24, 2.45) is 0 Å². The number of nitrogens with one attached hydrogen (secondary N) is 3.